The zero-order chi connectivity index (χ0) is 21.3. The topological polar surface area (TPSA) is 97.9 Å². The molecule has 2 aliphatic heterocycles. The number of hydrogen-bond donors (Lipinski definition) is 2. The first kappa shape index (κ1) is 18.7. The third-order valence-electron chi connectivity index (χ3n) is 5.91. The lowest BCUT2D eigenvalue weighted by molar-refractivity contribution is 0.0154. The molecule has 10 heteroatoms. The minimum Gasteiger partial charge on any atom is -0.507 e. The largest absolute Gasteiger partial charge is 0.507 e. The standard InChI is InChI=1S/C20H18F2N4O4/c1-19-8-20(9-19,10-30-19)14-7-25-6-11(13(27)5-15(25)24-14)16(28)23-12-3-2-4-26(17(12)29)18(21)22/h2-7,18,27H,8-10H2,1H3,(H,23,28). The Kier molecular flexibility index (Phi) is 3.82. The number of halogens is 2. The maximum Gasteiger partial charge on any atom is 0.321 e. The van der Waals surface area contributed by atoms with Crippen LogP contribution in [-0.4, -0.2) is 37.2 Å². The average Bonchev–Trinajstić information content (AvgIpc) is 3.32. The van der Waals surface area contributed by atoms with E-state index in [4.69, 9.17) is 4.74 Å². The average molecular weight is 416 g/mol. The predicted molar refractivity (Wildman–Crippen MR) is 102 cm³/mol. The normalized spacial score (nSPS) is 24.9. The van der Waals surface area contributed by atoms with E-state index in [0.29, 0.717) is 12.3 Å². The van der Waals surface area contributed by atoms with Crippen molar-refractivity contribution in [3.63, 3.8) is 0 Å². The van der Waals surface area contributed by atoms with E-state index in [1.54, 1.807) is 10.6 Å². The highest BCUT2D eigenvalue weighted by Gasteiger charge is 2.61. The molecule has 3 aliphatic rings. The molecule has 3 aromatic rings. The van der Waals surface area contributed by atoms with E-state index >= 15 is 0 Å². The van der Waals surface area contributed by atoms with Gasteiger partial charge in [-0.2, -0.15) is 8.78 Å². The molecule has 0 spiro atoms. The first-order valence-electron chi connectivity index (χ1n) is 9.37. The quantitative estimate of drug-likeness (QED) is 0.682. The van der Waals surface area contributed by atoms with Crippen LogP contribution in [0.4, 0.5) is 14.5 Å². The zero-order valence-electron chi connectivity index (χ0n) is 15.9. The number of ether oxygens (including phenoxy) is 1. The van der Waals surface area contributed by atoms with E-state index in [-0.39, 0.29) is 32.6 Å². The number of hydrogen-bond acceptors (Lipinski definition) is 5. The second-order valence-electron chi connectivity index (χ2n) is 8.20. The van der Waals surface area contributed by atoms with Gasteiger partial charge in [0.05, 0.1) is 23.5 Å². The monoisotopic (exact) mass is 416 g/mol. The highest BCUT2D eigenvalue weighted by atomic mass is 19.3. The van der Waals surface area contributed by atoms with Crippen molar-refractivity contribution in [2.75, 3.05) is 11.9 Å². The molecular weight excluding hydrogens is 398 g/mol. The molecule has 0 unspecified atom stereocenters. The Morgan fingerprint density at radius 2 is 2.13 bits per heavy atom. The Morgan fingerprint density at radius 1 is 1.37 bits per heavy atom. The molecule has 0 aromatic carbocycles. The summed E-state index contributed by atoms with van der Waals surface area (Å²) in [6.07, 6.45) is 5.86. The van der Waals surface area contributed by atoms with Crippen LogP contribution >= 0.6 is 0 Å². The smallest absolute Gasteiger partial charge is 0.321 e. The van der Waals surface area contributed by atoms with E-state index in [2.05, 4.69) is 17.2 Å². The SMILES string of the molecule is CC12CC(c3cn4cc(C(=O)Nc5cccn(C(F)F)c5=O)c(O)cc4n3)(CO1)C2. The summed E-state index contributed by atoms with van der Waals surface area (Å²) in [6.45, 7) is -0.388. The van der Waals surface area contributed by atoms with Crippen molar-refractivity contribution in [1.29, 1.82) is 0 Å². The second-order valence-corrected chi connectivity index (χ2v) is 8.20. The van der Waals surface area contributed by atoms with Crippen LogP contribution in [0.2, 0.25) is 0 Å². The Hall–Kier alpha value is -3.27. The fourth-order valence-corrected chi connectivity index (χ4v) is 4.55. The molecule has 30 heavy (non-hydrogen) atoms. The summed E-state index contributed by atoms with van der Waals surface area (Å²) in [5, 5.41) is 12.6. The minimum atomic E-state index is -3.03. The highest BCUT2D eigenvalue weighted by Crippen LogP contribution is 2.58. The molecule has 2 N–H and O–H groups in total. The van der Waals surface area contributed by atoms with Crippen LogP contribution in [0.25, 0.3) is 5.65 Å². The number of rotatable bonds is 4. The summed E-state index contributed by atoms with van der Waals surface area (Å²) in [6, 6.07) is 3.80. The molecule has 1 amide bonds. The van der Waals surface area contributed by atoms with Gasteiger partial charge in [0.2, 0.25) is 0 Å². The number of aromatic nitrogens is 3. The van der Waals surface area contributed by atoms with Crippen LogP contribution in [0.1, 0.15) is 42.4 Å². The van der Waals surface area contributed by atoms with Crippen molar-refractivity contribution >= 4 is 17.2 Å². The predicted octanol–water partition coefficient (Wildman–Crippen LogP) is 2.67. The number of fused-ring (bicyclic) bond motifs is 2. The van der Waals surface area contributed by atoms with Gasteiger partial charge in [0.15, 0.2) is 0 Å². The van der Waals surface area contributed by atoms with Gasteiger partial charge in [-0.05, 0) is 31.9 Å². The molecule has 5 heterocycles. The molecule has 3 fully saturated rings. The molecule has 156 valence electrons. The van der Waals surface area contributed by atoms with Gasteiger partial charge in [0.25, 0.3) is 11.5 Å². The van der Waals surface area contributed by atoms with Gasteiger partial charge in [0, 0.05) is 30.1 Å². The number of anilines is 1. The van der Waals surface area contributed by atoms with E-state index < -0.39 is 18.0 Å². The molecular formula is C20H18F2N4O4. The van der Waals surface area contributed by atoms with Crippen molar-refractivity contribution in [3.8, 4) is 5.75 Å². The Labute approximate surface area is 168 Å². The van der Waals surface area contributed by atoms with Crippen molar-refractivity contribution in [1.82, 2.24) is 14.0 Å². The van der Waals surface area contributed by atoms with Gasteiger partial charge in [0.1, 0.15) is 17.1 Å². The maximum atomic E-state index is 12.9. The first-order valence-corrected chi connectivity index (χ1v) is 9.37. The number of amides is 1. The van der Waals surface area contributed by atoms with Crippen molar-refractivity contribution in [2.45, 2.75) is 37.3 Å². The van der Waals surface area contributed by atoms with Gasteiger partial charge in [-0.15, -0.1) is 0 Å². The number of carbonyl (C=O) groups is 1. The van der Waals surface area contributed by atoms with Crippen LogP contribution in [0, 0.1) is 0 Å². The summed E-state index contributed by atoms with van der Waals surface area (Å²) in [5.41, 5.74) is -0.431. The summed E-state index contributed by atoms with van der Waals surface area (Å²) in [4.78, 5) is 29.3. The van der Waals surface area contributed by atoms with Crippen LogP contribution < -0.4 is 10.9 Å². The zero-order valence-corrected chi connectivity index (χ0v) is 15.9. The molecule has 0 atom stereocenters. The fraction of sp³-hybridized carbons (Fsp3) is 0.350. The second kappa shape index (κ2) is 6.11. The molecule has 8 nitrogen and oxygen atoms in total. The van der Waals surface area contributed by atoms with Crippen LogP contribution in [0.3, 0.4) is 0 Å². The highest BCUT2D eigenvalue weighted by molar-refractivity contribution is 6.06. The van der Waals surface area contributed by atoms with Gasteiger partial charge < -0.3 is 19.6 Å². The number of imidazole rings is 1. The molecule has 3 aromatic heterocycles. The molecule has 1 saturated carbocycles. The number of nitrogens with one attached hydrogen (secondary N) is 1. The number of aromatic hydroxyl groups is 1. The number of alkyl halides is 2. The van der Waals surface area contributed by atoms with Gasteiger partial charge in [-0.25, -0.2) is 4.98 Å². The lowest BCUT2D eigenvalue weighted by atomic mass is 9.62. The summed E-state index contributed by atoms with van der Waals surface area (Å²) < 4.78 is 33.4. The van der Waals surface area contributed by atoms with Gasteiger partial charge in [-0.1, -0.05) is 0 Å². The summed E-state index contributed by atoms with van der Waals surface area (Å²) >= 11 is 0. The molecule has 2 bridgehead atoms. The third kappa shape index (κ3) is 2.71. The maximum absolute atomic E-state index is 12.9. The minimum absolute atomic E-state index is 0.107. The van der Waals surface area contributed by atoms with Crippen LogP contribution in [0.5, 0.6) is 5.75 Å². The lowest BCUT2D eigenvalue weighted by Crippen LogP contribution is -2.45. The van der Waals surface area contributed by atoms with Gasteiger partial charge >= 0.3 is 6.55 Å². The number of pyridine rings is 2. The van der Waals surface area contributed by atoms with Crippen molar-refractivity contribution in [2.24, 2.45) is 0 Å². The molecule has 2 saturated heterocycles. The molecule has 6 rings (SSSR count). The van der Waals surface area contributed by atoms with Crippen molar-refractivity contribution in [3.05, 3.63) is 58.4 Å². The summed E-state index contributed by atoms with van der Waals surface area (Å²) in [5.74, 6) is -1.13. The van der Waals surface area contributed by atoms with Gasteiger partial charge in [-0.3, -0.25) is 14.2 Å². The summed E-state index contributed by atoms with van der Waals surface area (Å²) in [7, 11) is 0. The molecule has 1 aliphatic carbocycles. The van der Waals surface area contributed by atoms with Crippen molar-refractivity contribution < 1.29 is 23.4 Å². The third-order valence-corrected chi connectivity index (χ3v) is 5.91. The Bertz CT molecular complexity index is 1240. The van der Waals surface area contributed by atoms with E-state index in [1.165, 1.54) is 24.4 Å². The van der Waals surface area contributed by atoms with E-state index in [9.17, 15) is 23.5 Å². The fourth-order valence-electron chi connectivity index (χ4n) is 4.55. The van der Waals surface area contributed by atoms with E-state index in [0.717, 1.165) is 24.7 Å². The van der Waals surface area contributed by atoms with Crippen LogP contribution in [0.15, 0.2) is 41.6 Å². The Morgan fingerprint density at radius 3 is 2.80 bits per heavy atom. The number of nitrogens with zero attached hydrogens (tertiary/aromatic N) is 3. The molecule has 0 radical (unpaired) electrons. The lowest BCUT2D eigenvalue weighted by Gasteiger charge is -2.41. The first-order chi connectivity index (χ1) is 14.2. The number of carbonyl (C=O) groups excluding carboxylic acids is 1. The van der Waals surface area contributed by atoms with Crippen LogP contribution in [-0.2, 0) is 10.2 Å². The van der Waals surface area contributed by atoms with E-state index in [1.807, 2.05) is 0 Å². The Balaban J connectivity index is 1.46.